The van der Waals surface area contributed by atoms with Gasteiger partial charge in [0.25, 0.3) is 0 Å². The lowest BCUT2D eigenvalue weighted by molar-refractivity contribution is 0.127. The van der Waals surface area contributed by atoms with E-state index in [0.717, 1.165) is 39.0 Å². The van der Waals surface area contributed by atoms with E-state index in [0.29, 0.717) is 6.04 Å². The Kier molecular flexibility index (Phi) is 4.93. The highest BCUT2D eigenvalue weighted by molar-refractivity contribution is 5.77. The smallest absolute Gasteiger partial charge is 0.319 e. The number of urea groups is 1. The molecule has 2 heterocycles. The van der Waals surface area contributed by atoms with Crippen molar-refractivity contribution in [1.82, 2.24) is 14.7 Å². The number of likely N-dealkylation sites (N-methyl/N-ethyl adjacent to an activating group) is 1. The van der Waals surface area contributed by atoms with Crippen molar-refractivity contribution >= 4 is 6.03 Å². The van der Waals surface area contributed by atoms with Gasteiger partial charge in [0.1, 0.15) is 0 Å². The van der Waals surface area contributed by atoms with Crippen molar-refractivity contribution in [3.8, 4) is 0 Å². The minimum Gasteiger partial charge on any atom is -0.319 e. The molecule has 2 amide bonds. The van der Waals surface area contributed by atoms with Gasteiger partial charge >= 0.3 is 6.03 Å². The molecule has 2 aromatic rings. The molecule has 0 N–H and O–H groups in total. The maximum Gasteiger partial charge on any atom is 0.320 e. The first-order chi connectivity index (χ1) is 12.7. The molecular formula is C22H27N3O. The zero-order chi connectivity index (χ0) is 17.9. The number of piperidine rings is 1. The standard InChI is InChI=1S/C22H27N3O/c1-23-21(19-10-6-3-7-11-19)17-25(22(23)26)20-12-14-24(15-13-20)16-18-8-4-2-5-9-18/h2-11,20-21H,12-17H2,1H3. The second-order valence-corrected chi connectivity index (χ2v) is 7.47. The molecule has 4 nitrogen and oxygen atoms in total. The molecule has 2 aliphatic rings. The Balaban J connectivity index is 1.36. The molecule has 2 fully saturated rings. The summed E-state index contributed by atoms with van der Waals surface area (Å²) >= 11 is 0. The molecule has 2 saturated heterocycles. The van der Waals surface area contributed by atoms with Crippen molar-refractivity contribution in [3.05, 3.63) is 71.8 Å². The summed E-state index contributed by atoms with van der Waals surface area (Å²) in [4.78, 5) is 19.3. The highest BCUT2D eigenvalue weighted by Crippen LogP contribution is 2.31. The Morgan fingerprint density at radius 2 is 1.54 bits per heavy atom. The van der Waals surface area contributed by atoms with Crippen molar-refractivity contribution in [3.63, 3.8) is 0 Å². The Hall–Kier alpha value is -2.33. The molecule has 0 spiro atoms. The molecule has 0 radical (unpaired) electrons. The van der Waals surface area contributed by atoms with Crippen LogP contribution in [0.3, 0.4) is 0 Å². The zero-order valence-electron chi connectivity index (χ0n) is 15.4. The van der Waals surface area contributed by atoms with E-state index in [-0.39, 0.29) is 12.1 Å². The van der Waals surface area contributed by atoms with Gasteiger partial charge in [-0.1, -0.05) is 60.7 Å². The number of hydrogen-bond donors (Lipinski definition) is 0. The quantitative estimate of drug-likeness (QED) is 0.840. The van der Waals surface area contributed by atoms with Crippen LogP contribution >= 0.6 is 0 Å². The first kappa shape index (κ1) is 17.1. The summed E-state index contributed by atoms with van der Waals surface area (Å²) < 4.78 is 0. The van der Waals surface area contributed by atoms with Crippen LogP contribution in [-0.2, 0) is 6.54 Å². The molecule has 4 rings (SSSR count). The minimum absolute atomic E-state index is 0.172. The van der Waals surface area contributed by atoms with Gasteiger partial charge in [-0.25, -0.2) is 4.79 Å². The number of carbonyl (C=O) groups is 1. The zero-order valence-corrected chi connectivity index (χ0v) is 15.4. The summed E-state index contributed by atoms with van der Waals surface area (Å²) in [5, 5.41) is 0. The second-order valence-electron chi connectivity index (χ2n) is 7.47. The summed E-state index contributed by atoms with van der Waals surface area (Å²) in [5.41, 5.74) is 2.60. The summed E-state index contributed by atoms with van der Waals surface area (Å²) in [6.45, 7) is 3.93. The first-order valence-corrected chi connectivity index (χ1v) is 9.57. The van der Waals surface area contributed by atoms with Gasteiger partial charge in [0.05, 0.1) is 6.04 Å². The van der Waals surface area contributed by atoms with E-state index in [2.05, 4.69) is 64.4 Å². The largest absolute Gasteiger partial charge is 0.320 e. The van der Waals surface area contributed by atoms with E-state index < -0.39 is 0 Å². The van der Waals surface area contributed by atoms with E-state index >= 15 is 0 Å². The maximum atomic E-state index is 12.8. The fourth-order valence-electron chi connectivity index (χ4n) is 4.26. The molecule has 0 bridgehead atoms. The van der Waals surface area contributed by atoms with Crippen LogP contribution in [0.25, 0.3) is 0 Å². The number of benzene rings is 2. The third-order valence-corrected chi connectivity index (χ3v) is 5.82. The van der Waals surface area contributed by atoms with Crippen LogP contribution in [0, 0.1) is 0 Å². The monoisotopic (exact) mass is 349 g/mol. The Bertz CT molecular complexity index is 726. The van der Waals surface area contributed by atoms with Crippen molar-refractivity contribution in [2.24, 2.45) is 0 Å². The topological polar surface area (TPSA) is 26.8 Å². The highest BCUT2D eigenvalue weighted by atomic mass is 16.2. The molecule has 2 aliphatic heterocycles. The summed E-state index contributed by atoms with van der Waals surface area (Å²) in [5.74, 6) is 0. The fourth-order valence-corrected chi connectivity index (χ4v) is 4.26. The molecule has 0 saturated carbocycles. The SMILES string of the molecule is CN1C(=O)N(C2CCN(Cc3ccccc3)CC2)CC1c1ccccc1. The summed E-state index contributed by atoms with van der Waals surface area (Å²) in [6, 6.07) is 21.8. The number of carbonyl (C=O) groups excluding carboxylic acids is 1. The Labute approximate surface area is 156 Å². The van der Waals surface area contributed by atoms with Gasteiger partial charge in [-0.3, -0.25) is 4.90 Å². The van der Waals surface area contributed by atoms with Gasteiger partial charge in [0.2, 0.25) is 0 Å². The van der Waals surface area contributed by atoms with E-state index in [1.807, 2.05) is 18.0 Å². The van der Waals surface area contributed by atoms with Gasteiger partial charge < -0.3 is 9.80 Å². The molecule has 4 heteroatoms. The van der Waals surface area contributed by atoms with Crippen LogP contribution in [0.2, 0.25) is 0 Å². The van der Waals surface area contributed by atoms with Crippen molar-refractivity contribution in [1.29, 1.82) is 0 Å². The lowest BCUT2D eigenvalue weighted by Gasteiger charge is -2.36. The molecule has 26 heavy (non-hydrogen) atoms. The Morgan fingerprint density at radius 1 is 0.923 bits per heavy atom. The highest BCUT2D eigenvalue weighted by Gasteiger charge is 2.39. The predicted molar refractivity (Wildman–Crippen MR) is 104 cm³/mol. The number of amides is 2. The maximum absolute atomic E-state index is 12.8. The molecule has 0 aromatic heterocycles. The average molecular weight is 349 g/mol. The summed E-state index contributed by atoms with van der Waals surface area (Å²) in [7, 11) is 1.94. The predicted octanol–water partition coefficient (Wildman–Crippen LogP) is 3.76. The number of rotatable bonds is 4. The lowest BCUT2D eigenvalue weighted by atomic mass is 10.0. The second kappa shape index (κ2) is 7.50. The van der Waals surface area contributed by atoms with Gasteiger partial charge in [-0.05, 0) is 24.0 Å². The molecule has 1 unspecified atom stereocenters. The number of likely N-dealkylation sites (tertiary alicyclic amines) is 1. The third kappa shape index (κ3) is 3.47. The minimum atomic E-state index is 0.172. The van der Waals surface area contributed by atoms with Crippen molar-refractivity contribution < 1.29 is 4.79 Å². The molecule has 1 atom stereocenters. The fraction of sp³-hybridized carbons (Fsp3) is 0.409. The van der Waals surface area contributed by atoms with Gasteiger partial charge in [0.15, 0.2) is 0 Å². The van der Waals surface area contributed by atoms with E-state index in [1.54, 1.807) is 0 Å². The molecular weight excluding hydrogens is 322 g/mol. The number of nitrogens with zero attached hydrogens (tertiary/aromatic N) is 3. The van der Waals surface area contributed by atoms with Crippen LogP contribution in [0.4, 0.5) is 4.79 Å². The Morgan fingerprint density at radius 3 is 2.19 bits per heavy atom. The average Bonchev–Trinajstić information content (AvgIpc) is 2.99. The molecule has 2 aromatic carbocycles. The lowest BCUT2D eigenvalue weighted by Crippen LogP contribution is -2.46. The van der Waals surface area contributed by atoms with Gasteiger partial charge in [0, 0.05) is 39.3 Å². The first-order valence-electron chi connectivity index (χ1n) is 9.57. The molecule has 136 valence electrons. The van der Waals surface area contributed by atoms with Crippen molar-refractivity contribution in [2.75, 3.05) is 26.7 Å². The van der Waals surface area contributed by atoms with Crippen LogP contribution in [-0.4, -0.2) is 53.5 Å². The van der Waals surface area contributed by atoms with Crippen LogP contribution in [0.5, 0.6) is 0 Å². The van der Waals surface area contributed by atoms with Crippen LogP contribution in [0.1, 0.15) is 30.0 Å². The van der Waals surface area contributed by atoms with Crippen molar-refractivity contribution in [2.45, 2.75) is 31.5 Å². The van der Waals surface area contributed by atoms with E-state index in [4.69, 9.17) is 0 Å². The number of hydrogen-bond acceptors (Lipinski definition) is 2. The van der Waals surface area contributed by atoms with Gasteiger partial charge in [-0.2, -0.15) is 0 Å². The van der Waals surface area contributed by atoms with E-state index in [9.17, 15) is 4.79 Å². The normalized spacial score (nSPS) is 22.2. The van der Waals surface area contributed by atoms with Gasteiger partial charge in [-0.15, -0.1) is 0 Å². The van der Waals surface area contributed by atoms with Crippen LogP contribution in [0.15, 0.2) is 60.7 Å². The third-order valence-electron chi connectivity index (χ3n) is 5.82. The summed E-state index contributed by atoms with van der Waals surface area (Å²) in [6.07, 6.45) is 2.13. The van der Waals surface area contributed by atoms with Crippen LogP contribution < -0.4 is 0 Å². The van der Waals surface area contributed by atoms with E-state index in [1.165, 1.54) is 11.1 Å². The molecule has 0 aliphatic carbocycles.